The maximum atomic E-state index is 12.1. The Balaban J connectivity index is 1.67. The Hall–Kier alpha value is -2.24. The Morgan fingerprint density at radius 1 is 1.04 bits per heavy atom. The zero-order valence-corrected chi connectivity index (χ0v) is 13.2. The highest BCUT2D eigenvalue weighted by Gasteiger charge is 2.18. The van der Waals surface area contributed by atoms with Crippen molar-refractivity contribution in [3.63, 3.8) is 0 Å². The molecule has 23 heavy (non-hydrogen) atoms. The smallest absolute Gasteiger partial charge is 0.338 e. The Morgan fingerprint density at radius 2 is 1.83 bits per heavy atom. The monoisotopic (exact) mass is 352 g/mol. The Bertz CT molecular complexity index is 788. The fraction of sp³-hybridized carbons (Fsp3) is 0.125. The number of fused-ring (bicyclic) bond motifs is 1. The third-order valence-electron chi connectivity index (χ3n) is 3.17. The molecular weight excluding hydrogens is 343 g/mol. The number of ketones is 1. The molecule has 2 aromatic carbocycles. The van der Waals surface area contributed by atoms with Gasteiger partial charge < -0.3 is 14.2 Å². The van der Waals surface area contributed by atoms with Crippen molar-refractivity contribution < 1.29 is 23.8 Å². The van der Waals surface area contributed by atoms with Crippen LogP contribution in [-0.4, -0.2) is 25.2 Å². The molecule has 0 spiro atoms. The second-order valence-corrected chi connectivity index (χ2v) is 5.54. The van der Waals surface area contributed by atoms with Crippen LogP contribution in [-0.2, 0) is 4.74 Å². The molecule has 5 nitrogen and oxygen atoms in total. The van der Waals surface area contributed by atoms with Gasteiger partial charge in [-0.15, -0.1) is 0 Å². The topological polar surface area (TPSA) is 61.8 Å². The van der Waals surface area contributed by atoms with E-state index in [2.05, 4.69) is 0 Å². The van der Waals surface area contributed by atoms with E-state index < -0.39 is 18.4 Å². The van der Waals surface area contributed by atoms with Crippen LogP contribution in [0.4, 0.5) is 0 Å². The number of carbonyl (C=O) groups excluding carboxylic acids is 2. The molecule has 3 rings (SSSR count). The summed E-state index contributed by atoms with van der Waals surface area (Å²) in [5.74, 6) is -0.0617. The highest BCUT2D eigenvalue weighted by atomic mass is 35.5. The summed E-state index contributed by atoms with van der Waals surface area (Å²) in [6.45, 7) is -0.326. The molecule has 0 saturated carbocycles. The van der Waals surface area contributed by atoms with Crippen LogP contribution in [0.25, 0.3) is 0 Å². The minimum absolute atomic E-state index is 0.111. The first-order chi connectivity index (χ1) is 11.0. The first-order valence-electron chi connectivity index (χ1n) is 6.59. The number of rotatable bonds is 4. The van der Waals surface area contributed by atoms with Crippen molar-refractivity contribution in [2.75, 3.05) is 13.4 Å². The van der Waals surface area contributed by atoms with Gasteiger partial charge in [-0.05, 0) is 36.4 Å². The van der Waals surface area contributed by atoms with Gasteiger partial charge in [-0.2, -0.15) is 0 Å². The molecule has 1 aliphatic rings. The molecular formula is C16H10Cl2O5. The van der Waals surface area contributed by atoms with E-state index in [9.17, 15) is 9.59 Å². The molecule has 0 fully saturated rings. The molecule has 118 valence electrons. The van der Waals surface area contributed by atoms with E-state index in [0.29, 0.717) is 16.5 Å². The highest BCUT2D eigenvalue weighted by Crippen LogP contribution is 2.32. The normalized spacial score (nSPS) is 12.1. The van der Waals surface area contributed by atoms with Crippen molar-refractivity contribution in [3.8, 4) is 11.5 Å². The van der Waals surface area contributed by atoms with Gasteiger partial charge >= 0.3 is 5.97 Å². The number of halogens is 2. The summed E-state index contributed by atoms with van der Waals surface area (Å²) in [7, 11) is 0. The van der Waals surface area contributed by atoms with Gasteiger partial charge in [-0.3, -0.25) is 4.79 Å². The van der Waals surface area contributed by atoms with Crippen molar-refractivity contribution in [2.24, 2.45) is 0 Å². The van der Waals surface area contributed by atoms with E-state index in [1.807, 2.05) is 0 Å². The number of ether oxygens (including phenoxy) is 3. The van der Waals surface area contributed by atoms with Gasteiger partial charge in [0, 0.05) is 10.6 Å². The van der Waals surface area contributed by atoms with Gasteiger partial charge in [0.1, 0.15) is 0 Å². The number of hydrogen-bond donors (Lipinski definition) is 0. The van der Waals surface area contributed by atoms with E-state index in [1.165, 1.54) is 24.3 Å². The summed E-state index contributed by atoms with van der Waals surface area (Å²) >= 11 is 11.8. The fourth-order valence-electron chi connectivity index (χ4n) is 2.03. The zero-order valence-electron chi connectivity index (χ0n) is 11.7. The molecule has 0 N–H and O–H groups in total. The second-order valence-electron chi connectivity index (χ2n) is 4.69. The lowest BCUT2D eigenvalue weighted by Crippen LogP contribution is -2.14. The molecule has 0 radical (unpaired) electrons. The molecule has 0 saturated heterocycles. The molecule has 0 atom stereocenters. The summed E-state index contributed by atoms with van der Waals surface area (Å²) in [5, 5.41) is 0.623. The van der Waals surface area contributed by atoms with E-state index >= 15 is 0 Å². The van der Waals surface area contributed by atoms with Crippen LogP contribution in [0.15, 0.2) is 36.4 Å². The molecule has 0 aromatic heterocycles. The van der Waals surface area contributed by atoms with Crippen molar-refractivity contribution in [1.82, 2.24) is 0 Å². The second kappa shape index (κ2) is 6.48. The Morgan fingerprint density at radius 3 is 2.65 bits per heavy atom. The lowest BCUT2D eigenvalue weighted by Gasteiger charge is -2.07. The number of hydrogen-bond acceptors (Lipinski definition) is 5. The van der Waals surface area contributed by atoms with Gasteiger partial charge in [0.15, 0.2) is 18.1 Å². The molecule has 0 bridgehead atoms. The van der Waals surface area contributed by atoms with E-state index in [4.69, 9.17) is 37.4 Å². The molecule has 0 aliphatic carbocycles. The van der Waals surface area contributed by atoms with Crippen LogP contribution >= 0.6 is 23.2 Å². The van der Waals surface area contributed by atoms with Gasteiger partial charge in [0.25, 0.3) is 0 Å². The predicted molar refractivity (Wildman–Crippen MR) is 83.6 cm³/mol. The first-order valence-corrected chi connectivity index (χ1v) is 7.35. The van der Waals surface area contributed by atoms with Crippen LogP contribution in [0.3, 0.4) is 0 Å². The summed E-state index contributed by atoms with van der Waals surface area (Å²) in [6.07, 6.45) is 0. The quantitative estimate of drug-likeness (QED) is 0.619. The Kier molecular flexibility index (Phi) is 4.41. The number of Topliss-reactive ketones (excluding diaryl/α,β-unsaturated/α-hetero) is 1. The molecule has 0 unspecified atom stereocenters. The average molecular weight is 353 g/mol. The zero-order chi connectivity index (χ0) is 16.4. The first kappa shape index (κ1) is 15.6. The Labute approximate surface area is 141 Å². The van der Waals surface area contributed by atoms with Crippen LogP contribution in [0.5, 0.6) is 11.5 Å². The van der Waals surface area contributed by atoms with E-state index in [1.54, 1.807) is 12.1 Å². The summed E-state index contributed by atoms with van der Waals surface area (Å²) in [6, 6.07) is 9.15. The van der Waals surface area contributed by atoms with Gasteiger partial charge in [0.2, 0.25) is 12.6 Å². The number of benzene rings is 2. The summed E-state index contributed by atoms with van der Waals surface area (Å²) in [5.41, 5.74) is 0.469. The number of esters is 1. The lowest BCUT2D eigenvalue weighted by atomic mass is 10.1. The van der Waals surface area contributed by atoms with Crippen molar-refractivity contribution in [3.05, 3.63) is 57.6 Å². The summed E-state index contributed by atoms with van der Waals surface area (Å²) in [4.78, 5) is 24.1. The fourth-order valence-corrected chi connectivity index (χ4v) is 2.42. The highest BCUT2D eigenvalue weighted by molar-refractivity contribution is 6.36. The van der Waals surface area contributed by atoms with Crippen molar-refractivity contribution in [1.29, 1.82) is 0 Å². The SMILES string of the molecule is O=C(OCC(=O)c1cc(Cl)ccc1Cl)c1ccc2c(c1)OCO2. The van der Waals surface area contributed by atoms with Crippen LogP contribution in [0, 0.1) is 0 Å². The van der Waals surface area contributed by atoms with Crippen LogP contribution < -0.4 is 9.47 Å². The van der Waals surface area contributed by atoms with Gasteiger partial charge in [0.05, 0.1) is 10.6 Å². The largest absolute Gasteiger partial charge is 0.454 e. The summed E-state index contributed by atoms with van der Waals surface area (Å²) < 4.78 is 15.4. The van der Waals surface area contributed by atoms with Gasteiger partial charge in [-0.1, -0.05) is 23.2 Å². The third-order valence-corrected chi connectivity index (χ3v) is 3.74. The van der Waals surface area contributed by atoms with E-state index in [0.717, 1.165) is 0 Å². The van der Waals surface area contributed by atoms with Gasteiger partial charge in [-0.25, -0.2) is 4.79 Å². The average Bonchev–Trinajstić information content (AvgIpc) is 3.02. The number of carbonyl (C=O) groups is 2. The lowest BCUT2D eigenvalue weighted by molar-refractivity contribution is 0.0474. The molecule has 1 heterocycles. The molecule has 0 amide bonds. The maximum absolute atomic E-state index is 12.1. The minimum Gasteiger partial charge on any atom is -0.454 e. The molecule has 7 heteroatoms. The van der Waals surface area contributed by atoms with Crippen LogP contribution in [0.2, 0.25) is 10.0 Å². The maximum Gasteiger partial charge on any atom is 0.338 e. The predicted octanol–water partition coefficient (Wildman–Crippen LogP) is 3.76. The van der Waals surface area contributed by atoms with Crippen LogP contribution in [0.1, 0.15) is 20.7 Å². The molecule has 1 aliphatic heterocycles. The van der Waals surface area contributed by atoms with Crippen molar-refractivity contribution >= 4 is 35.0 Å². The van der Waals surface area contributed by atoms with E-state index in [-0.39, 0.29) is 22.9 Å². The standard InChI is InChI=1S/C16H10Cl2O5/c17-10-2-3-12(18)11(6-10)13(19)7-21-16(20)9-1-4-14-15(5-9)23-8-22-14/h1-6H,7-8H2. The minimum atomic E-state index is -0.644. The third kappa shape index (κ3) is 3.41. The van der Waals surface area contributed by atoms with Crippen molar-refractivity contribution in [2.45, 2.75) is 0 Å². The molecule has 2 aromatic rings.